The number of hydrogen-bond acceptors (Lipinski definition) is 5. The first-order valence-corrected chi connectivity index (χ1v) is 6.06. The first-order chi connectivity index (χ1) is 9.19. The minimum atomic E-state index is -0.733. The third-order valence-corrected chi connectivity index (χ3v) is 2.82. The molecule has 0 saturated carbocycles. The largest absolute Gasteiger partial charge is 0.469 e. The number of aromatic amines is 1. The highest BCUT2D eigenvalue weighted by Crippen LogP contribution is 2.11. The van der Waals surface area contributed by atoms with Gasteiger partial charge in [0.25, 0.3) is 0 Å². The zero-order valence-electron chi connectivity index (χ0n) is 10.7. The van der Waals surface area contributed by atoms with E-state index in [1.807, 2.05) is 18.2 Å². The van der Waals surface area contributed by atoms with Crippen molar-refractivity contribution >= 4 is 17.0 Å². The molecule has 0 aliphatic carbocycles. The number of nitrogens with zero attached hydrogens (tertiary/aromatic N) is 1. The Bertz CT molecular complexity index is 553. The van der Waals surface area contributed by atoms with Gasteiger partial charge in [0, 0.05) is 13.1 Å². The summed E-state index contributed by atoms with van der Waals surface area (Å²) in [5.41, 5.74) is 2.99. The maximum absolute atomic E-state index is 11.0. The number of aromatic nitrogens is 2. The average Bonchev–Trinajstić information content (AvgIpc) is 2.86. The van der Waals surface area contributed by atoms with E-state index in [-0.39, 0.29) is 6.42 Å². The molecule has 1 aromatic carbocycles. The smallest absolute Gasteiger partial charge is 0.308 e. The second-order valence-electron chi connectivity index (χ2n) is 4.32. The number of nitrogens with one attached hydrogen (secondary N) is 2. The van der Waals surface area contributed by atoms with Crippen molar-refractivity contribution in [3.8, 4) is 0 Å². The van der Waals surface area contributed by atoms with Crippen LogP contribution in [0.25, 0.3) is 11.0 Å². The number of H-pyrrole nitrogens is 1. The third kappa shape index (κ3) is 3.77. The van der Waals surface area contributed by atoms with Crippen molar-refractivity contribution in [1.29, 1.82) is 0 Å². The number of ether oxygens (including phenoxy) is 1. The summed E-state index contributed by atoms with van der Waals surface area (Å²) in [6.45, 7) is 0.962. The summed E-state index contributed by atoms with van der Waals surface area (Å²) in [6.07, 6.45) is 0.925. The highest BCUT2D eigenvalue weighted by Gasteiger charge is 2.10. The van der Waals surface area contributed by atoms with Gasteiger partial charge in [-0.05, 0) is 17.7 Å². The monoisotopic (exact) mass is 263 g/mol. The fourth-order valence-corrected chi connectivity index (χ4v) is 1.82. The number of hydrogen-bond donors (Lipinski definition) is 3. The second kappa shape index (κ2) is 6.31. The van der Waals surface area contributed by atoms with E-state index < -0.39 is 12.1 Å². The molecule has 0 saturated heterocycles. The van der Waals surface area contributed by atoms with Gasteiger partial charge in [-0.25, -0.2) is 4.98 Å². The summed E-state index contributed by atoms with van der Waals surface area (Å²) in [6, 6.07) is 5.92. The number of carbonyl (C=O) groups is 1. The fourth-order valence-electron chi connectivity index (χ4n) is 1.82. The first kappa shape index (κ1) is 13.5. The molecule has 0 amide bonds. The molecule has 3 N–H and O–H groups in total. The lowest BCUT2D eigenvalue weighted by Crippen LogP contribution is -2.28. The van der Waals surface area contributed by atoms with Crippen LogP contribution in [0.15, 0.2) is 24.5 Å². The van der Waals surface area contributed by atoms with Crippen LogP contribution in [0.5, 0.6) is 0 Å². The summed E-state index contributed by atoms with van der Waals surface area (Å²) in [4.78, 5) is 18.1. The van der Waals surface area contributed by atoms with Crippen LogP contribution in [0.4, 0.5) is 0 Å². The molecule has 6 nitrogen and oxygen atoms in total. The van der Waals surface area contributed by atoms with E-state index in [0.29, 0.717) is 13.1 Å². The Morgan fingerprint density at radius 3 is 3.21 bits per heavy atom. The molecule has 0 radical (unpaired) electrons. The molecule has 0 spiro atoms. The Morgan fingerprint density at radius 1 is 1.58 bits per heavy atom. The summed E-state index contributed by atoms with van der Waals surface area (Å²) < 4.78 is 4.49. The maximum Gasteiger partial charge on any atom is 0.308 e. The minimum Gasteiger partial charge on any atom is -0.469 e. The Kier molecular flexibility index (Phi) is 4.48. The predicted molar refractivity (Wildman–Crippen MR) is 70.4 cm³/mol. The van der Waals surface area contributed by atoms with Gasteiger partial charge >= 0.3 is 5.97 Å². The van der Waals surface area contributed by atoms with Gasteiger partial charge < -0.3 is 20.1 Å². The molecule has 0 bridgehead atoms. The number of carbonyl (C=O) groups excluding carboxylic acids is 1. The summed E-state index contributed by atoms with van der Waals surface area (Å²) >= 11 is 0. The molecular formula is C13H17N3O3. The van der Waals surface area contributed by atoms with Gasteiger partial charge in [0.1, 0.15) is 0 Å². The van der Waals surface area contributed by atoms with E-state index in [0.717, 1.165) is 16.6 Å². The molecule has 1 atom stereocenters. The standard InChI is InChI=1S/C13H17N3O3/c1-19-13(18)5-10(17)7-14-6-9-2-3-11-12(4-9)16-8-15-11/h2-4,8,10,14,17H,5-7H2,1H3,(H,15,16). The predicted octanol–water partition coefficient (Wildman–Crippen LogP) is 0.576. The topological polar surface area (TPSA) is 87.2 Å². The van der Waals surface area contributed by atoms with Crippen LogP contribution in [0.2, 0.25) is 0 Å². The number of aliphatic hydroxyl groups is 1. The maximum atomic E-state index is 11.0. The Labute approximate surface area is 110 Å². The highest BCUT2D eigenvalue weighted by molar-refractivity contribution is 5.75. The summed E-state index contributed by atoms with van der Waals surface area (Å²) in [5, 5.41) is 12.7. The normalized spacial score (nSPS) is 12.5. The third-order valence-electron chi connectivity index (χ3n) is 2.82. The second-order valence-corrected chi connectivity index (χ2v) is 4.32. The van der Waals surface area contributed by atoms with Crippen molar-refractivity contribution in [3.05, 3.63) is 30.1 Å². The van der Waals surface area contributed by atoms with E-state index in [1.54, 1.807) is 6.33 Å². The first-order valence-electron chi connectivity index (χ1n) is 6.06. The van der Waals surface area contributed by atoms with Gasteiger partial charge in [-0.2, -0.15) is 0 Å². The van der Waals surface area contributed by atoms with Crippen molar-refractivity contribution in [2.45, 2.75) is 19.1 Å². The number of aliphatic hydroxyl groups excluding tert-OH is 1. The van der Waals surface area contributed by atoms with Crippen LogP contribution in [0.3, 0.4) is 0 Å². The SMILES string of the molecule is COC(=O)CC(O)CNCc1ccc2nc[nH]c2c1. The van der Waals surface area contributed by atoms with Crippen LogP contribution in [-0.4, -0.2) is 40.8 Å². The number of esters is 1. The summed E-state index contributed by atoms with van der Waals surface area (Å²) in [5.74, 6) is -0.409. The molecule has 1 unspecified atom stereocenters. The number of methoxy groups -OCH3 is 1. The van der Waals surface area contributed by atoms with E-state index in [1.165, 1.54) is 7.11 Å². The van der Waals surface area contributed by atoms with Crippen molar-refractivity contribution in [3.63, 3.8) is 0 Å². The quantitative estimate of drug-likeness (QED) is 0.663. The lowest BCUT2D eigenvalue weighted by molar-refractivity contribution is -0.142. The number of rotatable bonds is 6. The fraction of sp³-hybridized carbons (Fsp3) is 0.385. The van der Waals surface area contributed by atoms with Gasteiger partial charge in [0.15, 0.2) is 0 Å². The lowest BCUT2D eigenvalue weighted by atomic mass is 10.2. The number of benzene rings is 1. The molecule has 19 heavy (non-hydrogen) atoms. The number of imidazole rings is 1. The Balaban J connectivity index is 1.80. The van der Waals surface area contributed by atoms with Crippen molar-refractivity contribution < 1.29 is 14.6 Å². The van der Waals surface area contributed by atoms with Crippen molar-refractivity contribution in [1.82, 2.24) is 15.3 Å². The number of fused-ring (bicyclic) bond motifs is 1. The minimum absolute atomic E-state index is 0.00306. The van der Waals surface area contributed by atoms with Gasteiger partial charge in [0.05, 0.1) is 37.0 Å². The van der Waals surface area contributed by atoms with E-state index in [4.69, 9.17) is 0 Å². The van der Waals surface area contributed by atoms with Gasteiger partial charge in [0.2, 0.25) is 0 Å². The molecule has 102 valence electrons. The van der Waals surface area contributed by atoms with Crippen LogP contribution in [0.1, 0.15) is 12.0 Å². The van der Waals surface area contributed by atoms with Gasteiger partial charge in [-0.15, -0.1) is 0 Å². The molecule has 0 aliphatic heterocycles. The Hall–Kier alpha value is -1.92. The van der Waals surface area contributed by atoms with E-state index in [2.05, 4.69) is 20.0 Å². The van der Waals surface area contributed by atoms with Crippen LogP contribution in [0, 0.1) is 0 Å². The summed E-state index contributed by atoms with van der Waals surface area (Å²) in [7, 11) is 1.31. The molecule has 1 aromatic heterocycles. The zero-order valence-corrected chi connectivity index (χ0v) is 10.7. The van der Waals surface area contributed by atoms with Crippen molar-refractivity contribution in [2.75, 3.05) is 13.7 Å². The van der Waals surface area contributed by atoms with Crippen LogP contribution < -0.4 is 5.32 Å². The van der Waals surface area contributed by atoms with Crippen LogP contribution in [-0.2, 0) is 16.1 Å². The molecule has 0 aliphatic rings. The molecule has 1 heterocycles. The van der Waals surface area contributed by atoms with Crippen molar-refractivity contribution in [2.24, 2.45) is 0 Å². The average molecular weight is 263 g/mol. The van der Waals surface area contributed by atoms with E-state index >= 15 is 0 Å². The molecular weight excluding hydrogens is 246 g/mol. The zero-order chi connectivity index (χ0) is 13.7. The lowest BCUT2D eigenvalue weighted by Gasteiger charge is -2.10. The molecule has 0 fully saturated rings. The molecule has 2 aromatic rings. The van der Waals surface area contributed by atoms with Gasteiger partial charge in [-0.3, -0.25) is 4.79 Å². The Morgan fingerprint density at radius 2 is 2.42 bits per heavy atom. The highest BCUT2D eigenvalue weighted by atomic mass is 16.5. The van der Waals surface area contributed by atoms with Gasteiger partial charge in [-0.1, -0.05) is 6.07 Å². The molecule has 2 rings (SSSR count). The molecule has 6 heteroatoms. The van der Waals surface area contributed by atoms with E-state index in [9.17, 15) is 9.90 Å². The van der Waals surface area contributed by atoms with Crippen LogP contribution >= 0.6 is 0 Å².